The minimum atomic E-state index is 0.103. The van der Waals surface area contributed by atoms with Crippen LogP contribution in [0.5, 0.6) is 0 Å². The molecule has 0 aliphatic carbocycles. The van der Waals surface area contributed by atoms with Crippen LogP contribution >= 0.6 is 11.6 Å². The van der Waals surface area contributed by atoms with Gasteiger partial charge in [0, 0.05) is 19.1 Å². The van der Waals surface area contributed by atoms with Crippen LogP contribution in [0.1, 0.15) is 39.7 Å². The molecule has 18 heavy (non-hydrogen) atoms. The highest BCUT2D eigenvalue weighted by atomic mass is 35.5. The number of nitrogens with one attached hydrogen (secondary N) is 1. The predicted molar refractivity (Wildman–Crippen MR) is 81.6 cm³/mol. The predicted octanol–water partition coefficient (Wildman–Crippen LogP) is 4.07. The van der Waals surface area contributed by atoms with Gasteiger partial charge in [0.05, 0.1) is 10.7 Å². The Balaban J connectivity index is 3.12. The molecule has 1 N–H and O–H groups in total. The molecule has 0 spiro atoms. The Bertz CT molecular complexity index is 388. The zero-order valence-corrected chi connectivity index (χ0v) is 12.9. The van der Waals surface area contributed by atoms with E-state index in [1.807, 2.05) is 12.1 Å². The lowest BCUT2D eigenvalue weighted by molar-refractivity contribution is 0.469. The Labute approximate surface area is 116 Å². The van der Waals surface area contributed by atoms with E-state index >= 15 is 0 Å². The Morgan fingerprint density at radius 3 is 2.50 bits per heavy atom. The van der Waals surface area contributed by atoms with Crippen LogP contribution in [0.2, 0.25) is 5.02 Å². The van der Waals surface area contributed by atoms with Crippen molar-refractivity contribution in [3.05, 3.63) is 28.8 Å². The van der Waals surface area contributed by atoms with Crippen molar-refractivity contribution in [3.8, 4) is 0 Å². The molecule has 1 aromatic carbocycles. The van der Waals surface area contributed by atoms with Crippen LogP contribution in [0.25, 0.3) is 0 Å². The lowest BCUT2D eigenvalue weighted by Gasteiger charge is -2.38. The molecule has 0 unspecified atom stereocenters. The van der Waals surface area contributed by atoms with Gasteiger partial charge in [-0.25, -0.2) is 0 Å². The molecule has 0 aliphatic heterocycles. The van der Waals surface area contributed by atoms with Gasteiger partial charge < -0.3 is 10.2 Å². The fourth-order valence-corrected chi connectivity index (χ4v) is 2.20. The molecule has 102 valence electrons. The average Bonchev–Trinajstić information content (AvgIpc) is 2.35. The molecule has 0 saturated carbocycles. The molecular weight excluding hydrogens is 244 g/mol. The fraction of sp³-hybridized carbons (Fsp3) is 0.600. The number of rotatable bonds is 6. The quantitative estimate of drug-likeness (QED) is 0.837. The second kappa shape index (κ2) is 6.44. The maximum absolute atomic E-state index is 6.40. The normalized spacial score (nSPS) is 11.7. The highest BCUT2D eigenvalue weighted by Crippen LogP contribution is 2.34. The Hall–Kier alpha value is -0.730. The smallest absolute Gasteiger partial charge is 0.0642 e. The molecule has 0 aromatic heterocycles. The standard InChI is InChI=1S/C15H25ClN2/c1-6-15(3,4)18(5)14-12(11-17-7-2)9-8-10-13(14)16/h8-10,17H,6-7,11H2,1-5H3. The molecule has 0 aliphatic rings. The van der Waals surface area contributed by atoms with Crippen LogP contribution < -0.4 is 10.2 Å². The van der Waals surface area contributed by atoms with Crippen molar-refractivity contribution in [1.82, 2.24) is 5.32 Å². The summed E-state index contributed by atoms with van der Waals surface area (Å²) in [6, 6.07) is 6.13. The molecule has 1 aromatic rings. The Morgan fingerprint density at radius 1 is 1.28 bits per heavy atom. The third-order valence-electron chi connectivity index (χ3n) is 3.74. The zero-order valence-electron chi connectivity index (χ0n) is 12.2. The monoisotopic (exact) mass is 268 g/mol. The SMILES string of the molecule is CCNCc1cccc(Cl)c1N(C)C(C)(C)CC. The molecule has 2 nitrogen and oxygen atoms in total. The highest BCUT2D eigenvalue weighted by molar-refractivity contribution is 6.33. The molecular formula is C15H25ClN2. The number of anilines is 1. The number of nitrogens with zero attached hydrogens (tertiary/aromatic N) is 1. The van der Waals surface area contributed by atoms with Gasteiger partial charge in [-0.05, 0) is 38.4 Å². The summed E-state index contributed by atoms with van der Waals surface area (Å²) >= 11 is 6.40. The van der Waals surface area contributed by atoms with Crippen LogP contribution in [-0.2, 0) is 6.54 Å². The van der Waals surface area contributed by atoms with Crippen LogP contribution in [0.4, 0.5) is 5.69 Å². The topological polar surface area (TPSA) is 15.3 Å². The van der Waals surface area contributed by atoms with Gasteiger partial charge in [0.15, 0.2) is 0 Å². The van der Waals surface area contributed by atoms with Crippen LogP contribution in [0, 0.1) is 0 Å². The molecule has 0 atom stereocenters. The zero-order chi connectivity index (χ0) is 13.8. The number of hydrogen-bond acceptors (Lipinski definition) is 2. The maximum Gasteiger partial charge on any atom is 0.0642 e. The van der Waals surface area contributed by atoms with Gasteiger partial charge in [-0.15, -0.1) is 0 Å². The van der Waals surface area contributed by atoms with Gasteiger partial charge in [-0.3, -0.25) is 0 Å². The van der Waals surface area contributed by atoms with Crippen molar-refractivity contribution in [2.75, 3.05) is 18.5 Å². The van der Waals surface area contributed by atoms with Crippen molar-refractivity contribution in [2.45, 2.75) is 46.2 Å². The van der Waals surface area contributed by atoms with Crippen molar-refractivity contribution >= 4 is 17.3 Å². The van der Waals surface area contributed by atoms with E-state index in [1.165, 1.54) is 5.56 Å². The van der Waals surface area contributed by atoms with Crippen LogP contribution in [0.3, 0.4) is 0 Å². The first kappa shape index (κ1) is 15.3. The summed E-state index contributed by atoms with van der Waals surface area (Å²) in [5.74, 6) is 0. The second-order valence-corrected chi connectivity index (χ2v) is 5.66. The average molecular weight is 269 g/mol. The van der Waals surface area contributed by atoms with Crippen molar-refractivity contribution in [2.24, 2.45) is 0 Å². The van der Waals surface area contributed by atoms with Gasteiger partial charge in [-0.2, -0.15) is 0 Å². The molecule has 0 fully saturated rings. The van der Waals surface area contributed by atoms with E-state index in [1.54, 1.807) is 0 Å². The van der Waals surface area contributed by atoms with E-state index in [0.29, 0.717) is 0 Å². The Morgan fingerprint density at radius 2 is 1.94 bits per heavy atom. The number of hydrogen-bond donors (Lipinski definition) is 1. The maximum atomic E-state index is 6.40. The summed E-state index contributed by atoms with van der Waals surface area (Å²) in [6.45, 7) is 10.6. The summed E-state index contributed by atoms with van der Waals surface area (Å²) in [7, 11) is 2.13. The molecule has 0 saturated heterocycles. The lowest BCUT2D eigenvalue weighted by Crippen LogP contribution is -2.41. The van der Waals surface area contributed by atoms with Gasteiger partial charge in [-0.1, -0.05) is 37.6 Å². The third-order valence-corrected chi connectivity index (χ3v) is 4.05. The van der Waals surface area contributed by atoms with Gasteiger partial charge in [0.2, 0.25) is 0 Å². The number of benzene rings is 1. The molecule has 0 amide bonds. The van der Waals surface area contributed by atoms with E-state index in [0.717, 1.165) is 30.2 Å². The summed E-state index contributed by atoms with van der Waals surface area (Å²) in [6.07, 6.45) is 1.08. The first-order valence-corrected chi connectivity index (χ1v) is 7.03. The molecule has 1 rings (SSSR count). The van der Waals surface area contributed by atoms with E-state index in [9.17, 15) is 0 Å². The van der Waals surface area contributed by atoms with E-state index < -0.39 is 0 Å². The van der Waals surface area contributed by atoms with Crippen molar-refractivity contribution in [1.29, 1.82) is 0 Å². The number of para-hydroxylation sites is 1. The number of halogens is 1. The highest BCUT2D eigenvalue weighted by Gasteiger charge is 2.24. The molecule has 3 heteroatoms. The van der Waals surface area contributed by atoms with Crippen molar-refractivity contribution < 1.29 is 0 Å². The van der Waals surface area contributed by atoms with Gasteiger partial charge in [0.1, 0.15) is 0 Å². The second-order valence-electron chi connectivity index (χ2n) is 5.25. The first-order chi connectivity index (χ1) is 8.44. The van der Waals surface area contributed by atoms with Gasteiger partial charge >= 0.3 is 0 Å². The van der Waals surface area contributed by atoms with E-state index in [4.69, 9.17) is 11.6 Å². The van der Waals surface area contributed by atoms with Crippen LogP contribution in [0.15, 0.2) is 18.2 Å². The molecule has 0 bridgehead atoms. The van der Waals surface area contributed by atoms with Crippen LogP contribution in [-0.4, -0.2) is 19.1 Å². The summed E-state index contributed by atoms with van der Waals surface area (Å²) in [4.78, 5) is 2.29. The summed E-state index contributed by atoms with van der Waals surface area (Å²) in [5, 5.41) is 4.20. The minimum absolute atomic E-state index is 0.103. The van der Waals surface area contributed by atoms with Crippen molar-refractivity contribution in [3.63, 3.8) is 0 Å². The summed E-state index contributed by atoms with van der Waals surface area (Å²) in [5.41, 5.74) is 2.51. The minimum Gasteiger partial charge on any atom is -0.368 e. The molecule has 0 radical (unpaired) electrons. The largest absolute Gasteiger partial charge is 0.368 e. The Kier molecular flexibility index (Phi) is 5.48. The summed E-state index contributed by atoms with van der Waals surface area (Å²) < 4.78 is 0. The van der Waals surface area contributed by atoms with E-state index in [-0.39, 0.29) is 5.54 Å². The molecule has 0 heterocycles. The lowest BCUT2D eigenvalue weighted by atomic mass is 9.98. The third kappa shape index (κ3) is 3.39. The fourth-order valence-electron chi connectivity index (χ4n) is 1.88. The van der Waals surface area contributed by atoms with E-state index in [2.05, 4.69) is 51.0 Å². The van der Waals surface area contributed by atoms with Gasteiger partial charge in [0.25, 0.3) is 0 Å². The first-order valence-electron chi connectivity index (χ1n) is 6.66.